The number of para-hydroxylation sites is 1. The van der Waals surface area contributed by atoms with Gasteiger partial charge in [0.15, 0.2) is 5.75 Å². The van der Waals surface area contributed by atoms with Gasteiger partial charge < -0.3 is 4.84 Å². The number of rotatable bonds is 5. The third-order valence-electron chi connectivity index (χ3n) is 3.33. The van der Waals surface area contributed by atoms with Crippen LogP contribution in [0.15, 0.2) is 96.2 Å². The van der Waals surface area contributed by atoms with Crippen LogP contribution in [0.3, 0.4) is 0 Å². The summed E-state index contributed by atoms with van der Waals surface area (Å²) in [6, 6.07) is 30.0. The maximum absolute atomic E-state index is 5.58. The molecule has 0 aliphatic rings. The van der Waals surface area contributed by atoms with Gasteiger partial charge in [0, 0.05) is 6.42 Å². The topological polar surface area (TPSA) is 21.6 Å². The molecule has 0 aromatic heterocycles. The van der Waals surface area contributed by atoms with E-state index in [2.05, 4.69) is 29.4 Å². The van der Waals surface area contributed by atoms with Crippen molar-refractivity contribution in [3.8, 4) is 5.75 Å². The fraction of sp³-hybridized carbons (Fsp3) is 0.0500. The number of benzene rings is 3. The van der Waals surface area contributed by atoms with Gasteiger partial charge in [-0.15, -0.1) is 0 Å². The van der Waals surface area contributed by atoms with Crippen LogP contribution in [0.5, 0.6) is 5.75 Å². The lowest BCUT2D eigenvalue weighted by Gasteiger charge is -2.07. The standard InChI is InChI=1S/C20H17NO/c1-4-10-17(11-5-1)16-20(18-12-6-2-7-13-18)21-22-19-14-8-3-9-15-19/h1-15H,16H2/b21-20+. The third-order valence-corrected chi connectivity index (χ3v) is 3.33. The van der Waals surface area contributed by atoms with Crippen LogP contribution < -0.4 is 4.84 Å². The summed E-state index contributed by atoms with van der Waals surface area (Å²) in [5, 5.41) is 4.38. The van der Waals surface area contributed by atoms with E-state index in [1.165, 1.54) is 5.56 Å². The zero-order chi connectivity index (χ0) is 15.0. The first-order valence-corrected chi connectivity index (χ1v) is 7.30. The Balaban J connectivity index is 1.86. The zero-order valence-electron chi connectivity index (χ0n) is 12.2. The van der Waals surface area contributed by atoms with Crippen LogP contribution >= 0.6 is 0 Å². The molecule has 0 atom stereocenters. The van der Waals surface area contributed by atoms with Crippen LogP contribution in [0.2, 0.25) is 0 Å². The number of oxime groups is 1. The second kappa shape index (κ2) is 7.23. The smallest absolute Gasteiger partial charge is 0.157 e. The van der Waals surface area contributed by atoms with Crippen molar-refractivity contribution in [3.05, 3.63) is 102 Å². The minimum atomic E-state index is 0.734. The minimum absolute atomic E-state index is 0.734. The van der Waals surface area contributed by atoms with E-state index in [0.717, 1.165) is 23.4 Å². The Labute approximate surface area is 130 Å². The Hall–Kier alpha value is -2.87. The van der Waals surface area contributed by atoms with E-state index in [1.54, 1.807) is 0 Å². The summed E-state index contributed by atoms with van der Waals surface area (Å²) < 4.78 is 0. The Morgan fingerprint density at radius 1 is 0.682 bits per heavy atom. The minimum Gasteiger partial charge on any atom is -0.357 e. The average Bonchev–Trinajstić information content (AvgIpc) is 2.61. The highest BCUT2D eigenvalue weighted by molar-refractivity contribution is 6.01. The van der Waals surface area contributed by atoms with Crippen molar-refractivity contribution < 1.29 is 4.84 Å². The molecule has 3 rings (SSSR count). The highest BCUT2D eigenvalue weighted by Gasteiger charge is 2.06. The molecule has 2 heteroatoms. The van der Waals surface area contributed by atoms with Crippen molar-refractivity contribution in [2.24, 2.45) is 5.16 Å². The van der Waals surface area contributed by atoms with Crippen molar-refractivity contribution >= 4 is 5.71 Å². The molecule has 3 aromatic carbocycles. The van der Waals surface area contributed by atoms with Gasteiger partial charge in [-0.25, -0.2) is 0 Å². The maximum atomic E-state index is 5.58. The van der Waals surface area contributed by atoms with E-state index >= 15 is 0 Å². The van der Waals surface area contributed by atoms with E-state index in [1.807, 2.05) is 66.7 Å². The third kappa shape index (κ3) is 3.83. The zero-order valence-corrected chi connectivity index (χ0v) is 12.2. The summed E-state index contributed by atoms with van der Waals surface area (Å²) in [6.45, 7) is 0. The summed E-state index contributed by atoms with van der Waals surface area (Å²) in [5.74, 6) is 0.740. The highest BCUT2D eigenvalue weighted by Crippen LogP contribution is 2.12. The van der Waals surface area contributed by atoms with Crippen LogP contribution in [0, 0.1) is 0 Å². The van der Waals surface area contributed by atoms with Gasteiger partial charge in [0.25, 0.3) is 0 Å². The molecule has 0 unspecified atom stereocenters. The normalized spacial score (nSPS) is 11.2. The number of hydrogen-bond acceptors (Lipinski definition) is 2. The summed E-state index contributed by atoms with van der Waals surface area (Å²) in [4.78, 5) is 5.58. The number of nitrogens with zero attached hydrogens (tertiary/aromatic N) is 1. The van der Waals surface area contributed by atoms with Crippen molar-refractivity contribution in [3.63, 3.8) is 0 Å². The van der Waals surface area contributed by atoms with E-state index in [0.29, 0.717) is 0 Å². The van der Waals surface area contributed by atoms with Crippen molar-refractivity contribution in [2.45, 2.75) is 6.42 Å². The Bertz CT molecular complexity index is 721. The van der Waals surface area contributed by atoms with Gasteiger partial charge in [-0.05, 0) is 23.3 Å². The predicted molar refractivity (Wildman–Crippen MR) is 90.2 cm³/mol. The highest BCUT2D eigenvalue weighted by atomic mass is 16.6. The fourth-order valence-corrected chi connectivity index (χ4v) is 2.20. The Morgan fingerprint density at radius 3 is 1.86 bits per heavy atom. The maximum Gasteiger partial charge on any atom is 0.157 e. The van der Waals surface area contributed by atoms with Gasteiger partial charge in [0.05, 0.1) is 5.71 Å². The molecule has 0 saturated heterocycles. The lowest BCUT2D eigenvalue weighted by atomic mass is 10.0. The van der Waals surface area contributed by atoms with Crippen molar-refractivity contribution in [1.29, 1.82) is 0 Å². The lowest BCUT2D eigenvalue weighted by Crippen LogP contribution is -2.07. The predicted octanol–water partition coefficient (Wildman–Crippen LogP) is 4.71. The first kappa shape index (κ1) is 14.1. The molecule has 0 amide bonds. The number of hydrogen-bond donors (Lipinski definition) is 0. The molecule has 0 N–H and O–H groups in total. The van der Waals surface area contributed by atoms with Crippen molar-refractivity contribution in [2.75, 3.05) is 0 Å². The summed E-state index contributed by atoms with van der Waals surface area (Å²) in [7, 11) is 0. The van der Waals surface area contributed by atoms with Crippen molar-refractivity contribution in [1.82, 2.24) is 0 Å². The van der Waals surface area contributed by atoms with E-state index in [-0.39, 0.29) is 0 Å². The molecule has 3 aromatic rings. The van der Waals surface area contributed by atoms with Gasteiger partial charge in [0.1, 0.15) is 0 Å². The first-order chi connectivity index (χ1) is 10.9. The summed E-state index contributed by atoms with van der Waals surface area (Å²) in [5.41, 5.74) is 3.19. The largest absolute Gasteiger partial charge is 0.357 e. The van der Waals surface area contributed by atoms with E-state index < -0.39 is 0 Å². The molecule has 0 saturated carbocycles. The van der Waals surface area contributed by atoms with Gasteiger partial charge in [-0.3, -0.25) is 0 Å². The molecule has 108 valence electrons. The monoisotopic (exact) mass is 287 g/mol. The average molecular weight is 287 g/mol. The Kier molecular flexibility index (Phi) is 4.63. The van der Waals surface area contributed by atoms with Crippen LogP contribution in [0.4, 0.5) is 0 Å². The molecule has 0 aliphatic carbocycles. The molecule has 0 aliphatic heterocycles. The van der Waals surface area contributed by atoms with Crippen LogP contribution in [-0.2, 0) is 6.42 Å². The molecule has 0 heterocycles. The molecule has 2 nitrogen and oxygen atoms in total. The van der Waals surface area contributed by atoms with Crippen LogP contribution in [0.1, 0.15) is 11.1 Å². The first-order valence-electron chi connectivity index (χ1n) is 7.30. The molecule has 0 spiro atoms. The second-order valence-electron chi connectivity index (χ2n) is 4.97. The molecular weight excluding hydrogens is 270 g/mol. The molecule has 0 bridgehead atoms. The van der Waals surface area contributed by atoms with Crippen LogP contribution in [0.25, 0.3) is 0 Å². The SMILES string of the molecule is c1ccc(C/C(=N\Oc2ccccc2)c2ccccc2)cc1. The van der Waals surface area contributed by atoms with Gasteiger partial charge in [-0.2, -0.15) is 0 Å². The fourth-order valence-electron chi connectivity index (χ4n) is 2.20. The molecule has 0 radical (unpaired) electrons. The van der Waals surface area contributed by atoms with E-state index in [4.69, 9.17) is 4.84 Å². The quantitative estimate of drug-likeness (QED) is 0.492. The Morgan fingerprint density at radius 2 is 1.23 bits per heavy atom. The summed E-state index contributed by atoms with van der Waals surface area (Å²) in [6.07, 6.45) is 0.734. The summed E-state index contributed by atoms with van der Waals surface area (Å²) >= 11 is 0. The molecule has 22 heavy (non-hydrogen) atoms. The second-order valence-corrected chi connectivity index (χ2v) is 4.97. The van der Waals surface area contributed by atoms with Crippen LogP contribution in [-0.4, -0.2) is 5.71 Å². The van der Waals surface area contributed by atoms with Gasteiger partial charge >= 0.3 is 0 Å². The van der Waals surface area contributed by atoms with Gasteiger partial charge in [-0.1, -0.05) is 84.0 Å². The molecule has 0 fully saturated rings. The molecular formula is C20H17NO. The van der Waals surface area contributed by atoms with E-state index in [9.17, 15) is 0 Å². The van der Waals surface area contributed by atoms with Gasteiger partial charge in [0.2, 0.25) is 0 Å². The lowest BCUT2D eigenvalue weighted by molar-refractivity contribution is 0.340.